The van der Waals surface area contributed by atoms with E-state index in [0.717, 1.165) is 0 Å². The van der Waals surface area contributed by atoms with E-state index in [1.165, 1.54) is 0 Å². The van der Waals surface area contributed by atoms with Crippen LogP contribution in [0, 0.1) is 0 Å². The van der Waals surface area contributed by atoms with Crippen LogP contribution in [-0.2, 0) is 9.84 Å². The number of hydrogen-bond donors (Lipinski definition) is 0. The summed E-state index contributed by atoms with van der Waals surface area (Å²) in [6.07, 6.45) is 0. The second-order valence-corrected chi connectivity index (χ2v) is 4.85. The molecule has 0 N–H and O–H groups in total. The fourth-order valence-electron chi connectivity index (χ4n) is 0.836. The quantitative estimate of drug-likeness (QED) is 0.497. The Hall–Kier alpha value is -0.0900. The summed E-state index contributed by atoms with van der Waals surface area (Å²) in [7, 11) is 1.19. The third-order valence-corrected chi connectivity index (χ3v) is 3.41. The highest BCUT2D eigenvalue weighted by molar-refractivity contribution is 7.92. The number of rotatable bonds is 1. The smallest absolute Gasteiger partial charge is 0.153 e. The van der Waals surface area contributed by atoms with Gasteiger partial charge < -0.3 is 4.90 Å². The molecule has 0 aromatic carbocycles. The molecule has 1 aliphatic rings. The zero-order valence-corrected chi connectivity index (χ0v) is 6.48. The Kier molecular flexibility index (Phi) is 1.52. The Morgan fingerprint density at radius 2 is 1.78 bits per heavy atom. The van der Waals surface area contributed by atoms with Gasteiger partial charge in [0.05, 0.1) is 11.5 Å². The van der Waals surface area contributed by atoms with Crippen LogP contribution in [0.4, 0.5) is 0 Å². The fraction of sp³-hybridized carbons (Fsp3) is 1.00. The van der Waals surface area contributed by atoms with Crippen molar-refractivity contribution >= 4 is 9.84 Å². The van der Waals surface area contributed by atoms with Crippen LogP contribution < -0.4 is 0 Å². The fourth-order valence-corrected chi connectivity index (χ4v) is 2.51. The van der Waals surface area contributed by atoms with Gasteiger partial charge in [0.15, 0.2) is 9.84 Å². The van der Waals surface area contributed by atoms with E-state index in [0.29, 0.717) is 11.5 Å². The first-order chi connectivity index (χ1) is 4.01. The standard InChI is InChI=1S/C5H11NO2S/c1-6(2)5-3-9(7,8)4-5/h5H,3-4H2,1-2H3. The molecule has 0 aromatic rings. The van der Waals surface area contributed by atoms with E-state index in [2.05, 4.69) is 0 Å². The summed E-state index contributed by atoms with van der Waals surface area (Å²) in [4.78, 5) is 1.95. The second kappa shape index (κ2) is 1.95. The van der Waals surface area contributed by atoms with Crippen LogP contribution in [0.3, 0.4) is 0 Å². The Labute approximate surface area is 55.6 Å². The van der Waals surface area contributed by atoms with Crippen molar-refractivity contribution in [2.75, 3.05) is 25.6 Å². The van der Waals surface area contributed by atoms with Gasteiger partial charge in [-0.15, -0.1) is 0 Å². The van der Waals surface area contributed by atoms with E-state index in [1.54, 1.807) is 0 Å². The van der Waals surface area contributed by atoms with Gasteiger partial charge in [-0.05, 0) is 14.1 Å². The lowest BCUT2D eigenvalue weighted by Gasteiger charge is -2.31. The van der Waals surface area contributed by atoms with Crippen molar-refractivity contribution in [2.24, 2.45) is 0 Å². The zero-order chi connectivity index (χ0) is 7.07. The second-order valence-electron chi connectivity index (χ2n) is 2.69. The van der Waals surface area contributed by atoms with Crippen LogP contribution in [0.15, 0.2) is 0 Å². The molecule has 0 aromatic heterocycles. The highest BCUT2D eigenvalue weighted by atomic mass is 32.2. The molecule has 1 heterocycles. The molecule has 54 valence electrons. The molecule has 0 radical (unpaired) electrons. The lowest BCUT2D eigenvalue weighted by molar-refractivity contribution is 0.318. The first kappa shape index (κ1) is 7.02. The summed E-state index contributed by atoms with van der Waals surface area (Å²) in [6.45, 7) is 0. The molecule has 1 saturated heterocycles. The Bertz CT molecular complexity index is 183. The molecule has 4 heteroatoms. The minimum atomic E-state index is -2.62. The third kappa shape index (κ3) is 1.43. The van der Waals surface area contributed by atoms with Crippen molar-refractivity contribution in [3.05, 3.63) is 0 Å². The molecule has 1 rings (SSSR count). The van der Waals surface area contributed by atoms with Crippen molar-refractivity contribution in [2.45, 2.75) is 6.04 Å². The maximum Gasteiger partial charge on any atom is 0.153 e. The molecule has 0 saturated carbocycles. The summed E-state index contributed by atoms with van der Waals surface area (Å²) >= 11 is 0. The van der Waals surface area contributed by atoms with E-state index in [9.17, 15) is 8.42 Å². The van der Waals surface area contributed by atoms with E-state index in [-0.39, 0.29) is 6.04 Å². The van der Waals surface area contributed by atoms with Gasteiger partial charge >= 0.3 is 0 Å². The van der Waals surface area contributed by atoms with Crippen LogP contribution in [0.25, 0.3) is 0 Å². The van der Waals surface area contributed by atoms with Crippen LogP contribution in [0.1, 0.15) is 0 Å². The van der Waals surface area contributed by atoms with E-state index in [1.807, 2.05) is 19.0 Å². The van der Waals surface area contributed by atoms with Gasteiger partial charge in [0.1, 0.15) is 0 Å². The lowest BCUT2D eigenvalue weighted by Crippen LogP contribution is -2.50. The van der Waals surface area contributed by atoms with Crippen molar-refractivity contribution in [1.29, 1.82) is 0 Å². The van der Waals surface area contributed by atoms with Gasteiger partial charge in [-0.25, -0.2) is 8.42 Å². The minimum absolute atomic E-state index is 0.273. The Morgan fingerprint density at radius 3 is 1.89 bits per heavy atom. The van der Waals surface area contributed by atoms with Gasteiger partial charge in [-0.2, -0.15) is 0 Å². The molecular weight excluding hydrogens is 138 g/mol. The average molecular weight is 149 g/mol. The van der Waals surface area contributed by atoms with Gasteiger partial charge in [-0.1, -0.05) is 0 Å². The molecule has 0 aliphatic carbocycles. The number of sulfone groups is 1. The van der Waals surface area contributed by atoms with Crippen molar-refractivity contribution < 1.29 is 8.42 Å². The molecule has 1 fully saturated rings. The monoisotopic (exact) mass is 149 g/mol. The predicted molar refractivity (Wildman–Crippen MR) is 36.1 cm³/mol. The van der Waals surface area contributed by atoms with Gasteiger partial charge in [0, 0.05) is 6.04 Å². The van der Waals surface area contributed by atoms with Gasteiger partial charge in [0.25, 0.3) is 0 Å². The first-order valence-electron chi connectivity index (χ1n) is 2.88. The van der Waals surface area contributed by atoms with Crippen molar-refractivity contribution in [1.82, 2.24) is 4.90 Å². The first-order valence-corrected chi connectivity index (χ1v) is 4.70. The molecule has 0 spiro atoms. The topological polar surface area (TPSA) is 37.4 Å². The van der Waals surface area contributed by atoms with Gasteiger partial charge in [0.2, 0.25) is 0 Å². The highest BCUT2D eigenvalue weighted by Crippen LogP contribution is 2.13. The van der Waals surface area contributed by atoms with Crippen LogP contribution in [0.2, 0.25) is 0 Å². The molecule has 0 unspecified atom stereocenters. The molecule has 1 aliphatic heterocycles. The minimum Gasteiger partial charge on any atom is -0.304 e. The van der Waals surface area contributed by atoms with Crippen LogP contribution in [-0.4, -0.2) is 45.0 Å². The normalized spacial score (nSPS) is 26.1. The summed E-state index contributed by atoms with van der Waals surface area (Å²) in [5, 5.41) is 0. The maximum atomic E-state index is 10.6. The molecule has 0 amide bonds. The third-order valence-electron chi connectivity index (χ3n) is 1.62. The molecule has 0 bridgehead atoms. The Balaban J connectivity index is 2.45. The maximum absolute atomic E-state index is 10.6. The molecule has 0 atom stereocenters. The lowest BCUT2D eigenvalue weighted by atomic mass is 10.3. The predicted octanol–water partition coefficient (Wildman–Crippen LogP) is -0.655. The SMILES string of the molecule is CN(C)C1CS(=O)(=O)C1. The molecule has 3 nitrogen and oxygen atoms in total. The Morgan fingerprint density at radius 1 is 1.33 bits per heavy atom. The van der Waals surface area contributed by atoms with Crippen molar-refractivity contribution in [3.8, 4) is 0 Å². The average Bonchev–Trinajstić information content (AvgIpc) is 1.59. The molecular formula is C5H11NO2S. The van der Waals surface area contributed by atoms with E-state index >= 15 is 0 Å². The van der Waals surface area contributed by atoms with Crippen molar-refractivity contribution in [3.63, 3.8) is 0 Å². The summed E-state index contributed by atoms with van der Waals surface area (Å²) < 4.78 is 21.2. The summed E-state index contributed by atoms with van der Waals surface area (Å²) in [5.41, 5.74) is 0. The molecule has 9 heavy (non-hydrogen) atoms. The number of hydrogen-bond acceptors (Lipinski definition) is 3. The van der Waals surface area contributed by atoms with Gasteiger partial charge in [-0.3, -0.25) is 0 Å². The zero-order valence-electron chi connectivity index (χ0n) is 5.66. The van der Waals surface area contributed by atoms with E-state index in [4.69, 9.17) is 0 Å². The summed E-state index contributed by atoms with van der Waals surface area (Å²) in [6, 6.07) is 0.273. The van der Waals surface area contributed by atoms with Crippen LogP contribution >= 0.6 is 0 Å². The summed E-state index contributed by atoms with van der Waals surface area (Å²) in [5.74, 6) is 0.694. The largest absolute Gasteiger partial charge is 0.304 e. The highest BCUT2D eigenvalue weighted by Gasteiger charge is 2.34. The van der Waals surface area contributed by atoms with Crippen LogP contribution in [0.5, 0.6) is 0 Å². The van der Waals surface area contributed by atoms with E-state index < -0.39 is 9.84 Å². The number of nitrogens with zero attached hydrogens (tertiary/aromatic N) is 1.